The first-order valence-corrected chi connectivity index (χ1v) is 9.20. The summed E-state index contributed by atoms with van der Waals surface area (Å²) in [5.74, 6) is 0.907. The Labute approximate surface area is 159 Å². The summed E-state index contributed by atoms with van der Waals surface area (Å²) >= 11 is 0. The van der Waals surface area contributed by atoms with Gasteiger partial charge >= 0.3 is 0 Å². The molecule has 0 unspecified atom stereocenters. The molecular formula is C22H23N3O2. The smallest absolute Gasteiger partial charge is 0.254 e. The van der Waals surface area contributed by atoms with Crippen molar-refractivity contribution in [3.8, 4) is 11.4 Å². The van der Waals surface area contributed by atoms with Gasteiger partial charge < -0.3 is 9.64 Å². The molecule has 1 aliphatic rings. The van der Waals surface area contributed by atoms with Gasteiger partial charge in [-0.3, -0.25) is 4.79 Å². The predicted molar refractivity (Wildman–Crippen MR) is 104 cm³/mol. The highest BCUT2D eigenvalue weighted by Crippen LogP contribution is 2.30. The third-order valence-corrected chi connectivity index (χ3v) is 4.95. The zero-order valence-corrected chi connectivity index (χ0v) is 15.6. The van der Waals surface area contributed by atoms with Gasteiger partial charge in [0.05, 0.1) is 12.8 Å². The fourth-order valence-electron chi connectivity index (χ4n) is 3.23. The van der Waals surface area contributed by atoms with E-state index in [9.17, 15) is 4.79 Å². The molecule has 1 heterocycles. The SMILES string of the molecule is COc1ccc(CN(C(=O)c2ccc(-n3nccc3C)cc2)C2CC2)cc1. The van der Waals surface area contributed by atoms with Crippen LogP contribution in [0.15, 0.2) is 60.8 Å². The number of amides is 1. The Balaban J connectivity index is 1.52. The van der Waals surface area contributed by atoms with Gasteiger partial charge in [-0.15, -0.1) is 0 Å². The van der Waals surface area contributed by atoms with Crippen LogP contribution in [-0.2, 0) is 6.54 Å². The second-order valence-corrected chi connectivity index (χ2v) is 6.94. The monoisotopic (exact) mass is 361 g/mol. The van der Waals surface area contributed by atoms with Crippen molar-refractivity contribution < 1.29 is 9.53 Å². The number of aromatic nitrogens is 2. The first-order valence-electron chi connectivity index (χ1n) is 9.20. The summed E-state index contributed by atoms with van der Waals surface area (Å²) < 4.78 is 7.08. The predicted octanol–water partition coefficient (Wildman–Crippen LogP) is 3.99. The lowest BCUT2D eigenvalue weighted by atomic mass is 10.1. The van der Waals surface area contributed by atoms with Crippen molar-refractivity contribution in [3.63, 3.8) is 0 Å². The minimum atomic E-state index is 0.0806. The molecule has 1 amide bonds. The number of hydrogen-bond acceptors (Lipinski definition) is 3. The molecule has 2 aromatic carbocycles. The van der Waals surface area contributed by atoms with E-state index >= 15 is 0 Å². The molecule has 5 nitrogen and oxygen atoms in total. The van der Waals surface area contributed by atoms with Crippen LogP contribution >= 0.6 is 0 Å². The number of aryl methyl sites for hydroxylation is 1. The zero-order valence-electron chi connectivity index (χ0n) is 15.6. The van der Waals surface area contributed by atoms with Gasteiger partial charge in [0.2, 0.25) is 0 Å². The molecule has 0 bridgehead atoms. The average Bonchev–Trinajstić information content (AvgIpc) is 3.46. The zero-order chi connectivity index (χ0) is 18.8. The van der Waals surface area contributed by atoms with E-state index in [0.717, 1.165) is 35.5 Å². The molecule has 0 saturated heterocycles. The van der Waals surface area contributed by atoms with Crippen LogP contribution in [0.5, 0.6) is 5.75 Å². The molecular weight excluding hydrogens is 338 g/mol. The van der Waals surface area contributed by atoms with Gasteiger partial charge in [0, 0.05) is 30.0 Å². The number of carbonyl (C=O) groups excluding carboxylic acids is 1. The van der Waals surface area contributed by atoms with E-state index in [1.54, 1.807) is 13.3 Å². The fraction of sp³-hybridized carbons (Fsp3) is 0.273. The summed E-state index contributed by atoms with van der Waals surface area (Å²) in [6.07, 6.45) is 3.93. The van der Waals surface area contributed by atoms with Gasteiger partial charge in [-0.2, -0.15) is 5.10 Å². The maximum Gasteiger partial charge on any atom is 0.254 e. The van der Waals surface area contributed by atoms with Crippen LogP contribution < -0.4 is 4.74 Å². The quantitative estimate of drug-likeness (QED) is 0.667. The molecule has 27 heavy (non-hydrogen) atoms. The first kappa shape index (κ1) is 17.3. The number of benzene rings is 2. The minimum Gasteiger partial charge on any atom is -0.497 e. The lowest BCUT2D eigenvalue weighted by Crippen LogP contribution is -2.32. The fourth-order valence-corrected chi connectivity index (χ4v) is 3.23. The number of nitrogens with zero attached hydrogens (tertiary/aromatic N) is 3. The van der Waals surface area contributed by atoms with E-state index in [0.29, 0.717) is 18.2 Å². The molecule has 0 aliphatic heterocycles. The van der Waals surface area contributed by atoms with E-state index in [-0.39, 0.29) is 5.91 Å². The molecule has 1 saturated carbocycles. The second-order valence-electron chi connectivity index (χ2n) is 6.94. The number of methoxy groups -OCH3 is 1. The van der Waals surface area contributed by atoms with Crippen LogP contribution in [0.3, 0.4) is 0 Å². The summed E-state index contributed by atoms with van der Waals surface area (Å²) in [4.78, 5) is 15.1. The van der Waals surface area contributed by atoms with E-state index in [1.165, 1.54) is 0 Å². The van der Waals surface area contributed by atoms with Gasteiger partial charge in [0.15, 0.2) is 0 Å². The molecule has 1 aliphatic carbocycles. The minimum absolute atomic E-state index is 0.0806. The van der Waals surface area contributed by atoms with Crippen molar-refractivity contribution in [1.29, 1.82) is 0 Å². The Morgan fingerprint density at radius 1 is 1.11 bits per heavy atom. The highest BCUT2D eigenvalue weighted by Gasteiger charge is 2.33. The molecule has 0 atom stereocenters. The summed E-state index contributed by atoms with van der Waals surface area (Å²) in [7, 11) is 1.66. The standard InChI is InChI=1S/C22H23N3O2/c1-16-13-14-23-25(16)20-7-5-18(6-8-20)22(26)24(19-9-10-19)15-17-3-11-21(27-2)12-4-17/h3-8,11-14,19H,9-10,15H2,1-2H3. The Kier molecular flexibility index (Phi) is 4.67. The Hall–Kier alpha value is -3.08. The van der Waals surface area contributed by atoms with Crippen molar-refractivity contribution in [1.82, 2.24) is 14.7 Å². The summed E-state index contributed by atoms with van der Waals surface area (Å²) in [6, 6.07) is 17.9. The Morgan fingerprint density at radius 2 is 1.81 bits per heavy atom. The highest BCUT2D eigenvalue weighted by molar-refractivity contribution is 5.94. The summed E-state index contributed by atoms with van der Waals surface area (Å²) in [5, 5.41) is 4.31. The summed E-state index contributed by atoms with van der Waals surface area (Å²) in [6.45, 7) is 2.63. The van der Waals surface area contributed by atoms with Crippen molar-refractivity contribution in [2.75, 3.05) is 7.11 Å². The van der Waals surface area contributed by atoms with Gasteiger partial charge in [-0.1, -0.05) is 12.1 Å². The maximum absolute atomic E-state index is 13.1. The van der Waals surface area contributed by atoms with Crippen molar-refractivity contribution in [2.45, 2.75) is 32.4 Å². The summed E-state index contributed by atoms with van der Waals surface area (Å²) in [5.41, 5.74) is 3.85. The molecule has 1 fully saturated rings. The molecule has 0 spiro atoms. The maximum atomic E-state index is 13.1. The number of rotatable bonds is 6. The molecule has 4 rings (SSSR count). The molecule has 0 N–H and O–H groups in total. The van der Waals surface area contributed by atoms with Gasteiger partial charge in [0.25, 0.3) is 5.91 Å². The lowest BCUT2D eigenvalue weighted by molar-refractivity contribution is 0.0730. The third kappa shape index (κ3) is 3.72. The average molecular weight is 361 g/mol. The topological polar surface area (TPSA) is 47.4 Å². The molecule has 1 aromatic heterocycles. The molecule has 5 heteroatoms. The molecule has 138 valence electrons. The first-order chi connectivity index (χ1) is 13.2. The van der Waals surface area contributed by atoms with Crippen LogP contribution in [0, 0.1) is 6.92 Å². The lowest BCUT2D eigenvalue weighted by Gasteiger charge is -2.23. The van der Waals surface area contributed by atoms with E-state index < -0.39 is 0 Å². The molecule has 0 radical (unpaired) electrons. The number of hydrogen-bond donors (Lipinski definition) is 0. The van der Waals surface area contributed by atoms with Crippen LogP contribution in [0.25, 0.3) is 5.69 Å². The van der Waals surface area contributed by atoms with Crippen LogP contribution in [0.4, 0.5) is 0 Å². The highest BCUT2D eigenvalue weighted by atomic mass is 16.5. The largest absolute Gasteiger partial charge is 0.497 e. The third-order valence-electron chi connectivity index (χ3n) is 4.95. The van der Waals surface area contributed by atoms with Crippen LogP contribution in [0.2, 0.25) is 0 Å². The Bertz CT molecular complexity index is 925. The van der Waals surface area contributed by atoms with Crippen LogP contribution in [-0.4, -0.2) is 33.7 Å². The van der Waals surface area contributed by atoms with E-state index in [1.807, 2.05) is 71.1 Å². The van der Waals surface area contributed by atoms with Gasteiger partial charge in [0.1, 0.15) is 5.75 Å². The van der Waals surface area contributed by atoms with E-state index in [4.69, 9.17) is 4.74 Å². The number of ether oxygens (including phenoxy) is 1. The van der Waals surface area contributed by atoms with Crippen molar-refractivity contribution >= 4 is 5.91 Å². The van der Waals surface area contributed by atoms with E-state index in [2.05, 4.69) is 5.10 Å². The van der Waals surface area contributed by atoms with Crippen LogP contribution in [0.1, 0.15) is 34.5 Å². The van der Waals surface area contributed by atoms with Crippen molar-refractivity contribution in [2.24, 2.45) is 0 Å². The normalized spacial score (nSPS) is 13.4. The Morgan fingerprint density at radius 3 is 2.37 bits per heavy atom. The second kappa shape index (κ2) is 7.27. The molecule has 3 aromatic rings. The number of carbonyl (C=O) groups is 1. The van der Waals surface area contributed by atoms with Gasteiger partial charge in [-0.25, -0.2) is 4.68 Å². The van der Waals surface area contributed by atoms with Gasteiger partial charge in [-0.05, 0) is 67.8 Å². The van der Waals surface area contributed by atoms with Crippen molar-refractivity contribution in [3.05, 3.63) is 77.6 Å².